The van der Waals surface area contributed by atoms with Gasteiger partial charge in [0.15, 0.2) is 0 Å². The molecular formula is C11H17N3O. The first-order valence-corrected chi connectivity index (χ1v) is 4.89. The maximum Gasteiger partial charge on any atom is 0.251 e. The first kappa shape index (κ1) is 11.4. The van der Waals surface area contributed by atoms with Gasteiger partial charge in [0.25, 0.3) is 5.91 Å². The molecule has 0 saturated heterocycles. The Hall–Kier alpha value is -1.71. The molecule has 82 valence electrons. The second kappa shape index (κ2) is 4.21. The molecule has 0 unspecified atom stereocenters. The van der Waals surface area contributed by atoms with E-state index in [1.807, 2.05) is 13.8 Å². The van der Waals surface area contributed by atoms with Crippen molar-refractivity contribution >= 4 is 17.3 Å². The summed E-state index contributed by atoms with van der Waals surface area (Å²) in [5, 5.41) is 2.81. The second-order valence-corrected chi connectivity index (χ2v) is 3.87. The third kappa shape index (κ3) is 2.40. The number of hydrogen-bond donors (Lipinski definition) is 3. The van der Waals surface area contributed by atoms with Crippen LogP contribution in [0.2, 0.25) is 0 Å². The van der Waals surface area contributed by atoms with Crippen LogP contribution in [0.4, 0.5) is 11.4 Å². The van der Waals surface area contributed by atoms with Crippen LogP contribution in [-0.2, 0) is 0 Å². The molecule has 0 aromatic heterocycles. The lowest BCUT2D eigenvalue weighted by molar-refractivity contribution is 0.0942. The summed E-state index contributed by atoms with van der Waals surface area (Å²) in [5.41, 5.74) is 13.7. The minimum Gasteiger partial charge on any atom is -0.397 e. The standard InChI is InChI=1S/C11H17N3O/c1-6(2)14-11(15)8-4-5-9(12)10(13)7(8)3/h4-6H,12-13H2,1-3H3,(H,14,15). The van der Waals surface area contributed by atoms with Crippen LogP contribution in [0.25, 0.3) is 0 Å². The first-order chi connectivity index (χ1) is 6.93. The summed E-state index contributed by atoms with van der Waals surface area (Å²) < 4.78 is 0. The van der Waals surface area contributed by atoms with E-state index in [4.69, 9.17) is 11.5 Å². The molecule has 1 aromatic carbocycles. The van der Waals surface area contributed by atoms with Gasteiger partial charge in [-0.15, -0.1) is 0 Å². The summed E-state index contributed by atoms with van der Waals surface area (Å²) in [5.74, 6) is -0.116. The lowest BCUT2D eigenvalue weighted by Gasteiger charge is -2.12. The molecule has 0 fully saturated rings. The number of hydrogen-bond acceptors (Lipinski definition) is 3. The van der Waals surface area contributed by atoms with Gasteiger partial charge in [0.05, 0.1) is 11.4 Å². The highest BCUT2D eigenvalue weighted by molar-refractivity contribution is 5.98. The minimum absolute atomic E-state index is 0.107. The van der Waals surface area contributed by atoms with E-state index in [-0.39, 0.29) is 11.9 Å². The summed E-state index contributed by atoms with van der Waals surface area (Å²) in [6, 6.07) is 3.45. The number of benzene rings is 1. The Kier molecular flexibility index (Phi) is 3.19. The van der Waals surface area contributed by atoms with Gasteiger partial charge in [-0.05, 0) is 38.5 Å². The number of carbonyl (C=O) groups excluding carboxylic acids is 1. The Morgan fingerprint density at radius 2 is 1.93 bits per heavy atom. The van der Waals surface area contributed by atoms with Crippen molar-refractivity contribution in [2.45, 2.75) is 26.8 Å². The van der Waals surface area contributed by atoms with Crippen molar-refractivity contribution < 1.29 is 4.79 Å². The van der Waals surface area contributed by atoms with E-state index in [0.29, 0.717) is 16.9 Å². The average molecular weight is 207 g/mol. The van der Waals surface area contributed by atoms with Crippen LogP contribution in [-0.4, -0.2) is 11.9 Å². The Balaban J connectivity index is 3.06. The fraction of sp³-hybridized carbons (Fsp3) is 0.364. The maximum absolute atomic E-state index is 11.7. The summed E-state index contributed by atoms with van der Waals surface area (Å²) in [6.07, 6.45) is 0. The topological polar surface area (TPSA) is 81.1 Å². The highest BCUT2D eigenvalue weighted by Gasteiger charge is 2.12. The zero-order valence-electron chi connectivity index (χ0n) is 9.29. The number of carbonyl (C=O) groups is 1. The monoisotopic (exact) mass is 207 g/mol. The molecule has 4 nitrogen and oxygen atoms in total. The molecule has 0 aliphatic rings. The molecule has 0 saturated carbocycles. The van der Waals surface area contributed by atoms with Gasteiger partial charge in [0, 0.05) is 11.6 Å². The highest BCUT2D eigenvalue weighted by Crippen LogP contribution is 2.22. The molecule has 15 heavy (non-hydrogen) atoms. The number of rotatable bonds is 2. The van der Waals surface area contributed by atoms with Crippen LogP contribution in [0, 0.1) is 6.92 Å². The zero-order chi connectivity index (χ0) is 11.6. The molecular weight excluding hydrogens is 190 g/mol. The summed E-state index contributed by atoms with van der Waals surface area (Å²) in [7, 11) is 0. The van der Waals surface area contributed by atoms with Gasteiger partial charge >= 0.3 is 0 Å². The molecule has 0 aliphatic heterocycles. The molecule has 0 atom stereocenters. The fourth-order valence-corrected chi connectivity index (χ4v) is 1.34. The van der Waals surface area contributed by atoms with Crippen molar-refractivity contribution in [3.63, 3.8) is 0 Å². The highest BCUT2D eigenvalue weighted by atomic mass is 16.1. The Bertz CT molecular complexity index is 386. The summed E-state index contributed by atoms with van der Waals surface area (Å²) in [6.45, 7) is 5.61. The van der Waals surface area contributed by atoms with Gasteiger partial charge in [-0.3, -0.25) is 4.79 Å². The van der Waals surface area contributed by atoms with E-state index in [9.17, 15) is 4.79 Å². The van der Waals surface area contributed by atoms with Crippen molar-refractivity contribution in [1.82, 2.24) is 5.32 Å². The van der Waals surface area contributed by atoms with E-state index >= 15 is 0 Å². The van der Waals surface area contributed by atoms with Crippen LogP contribution >= 0.6 is 0 Å². The third-order valence-corrected chi connectivity index (χ3v) is 2.21. The minimum atomic E-state index is -0.116. The van der Waals surface area contributed by atoms with Gasteiger partial charge in [-0.25, -0.2) is 0 Å². The molecule has 1 aromatic rings. The van der Waals surface area contributed by atoms with Crippen LogP contribution in [0.15, 0.2) is 12.1 Å². The van der Waals surface area contributed by atoms with Gasteiger partial charge in [0.2, 0.25) is 0 Å². The van der Waals surface area contributed by atoms with Crippen molar-refractivity contribution in [2.75, 3.05) is 11.5 Å². The Morgan fingerprint density at radius 1 is 1.33 bits per heavy atom. The number of anilines is 2. The van der Waals surface area contributed by atoms with Crippen LogP contribution in [0.3, 0.4) is 0 Å². The van der Waals surface area contributed by atoms with E-state index < -0.39 is 0 Å². The van der Waals surface area contributed by atoms with E-state index in [1.54, 1.807) is 19.1 Å². The van der Waals surface area contributed by atoms with Crippen LogP contribution in [0.1, 0.15) is 29.8 Å². The van der Waals surface area contributed by atoms with E-state index in [2.05, 4.69) is 5.32 Å². The van der Waals surface area contributed by atoms with Crippen molar-refractivity contribution in [3.05, 3.63) is 23.3 Å². The lowest BCUT2D eigenvalue weighted by atomic mass is 10.0. The number of nitrogens with one attached hydrogen (secondary N) is 1. The molecule has 1 amide bonds. The zero-order valence-corrected chi connectivity index (χ0v) is 9.29. The number of amides is 1. The van der Waals surface area contributed by atoms with Gasteiger partial charge in [0.1, 0.15) is 0 Å². The fourth-order valence-electron chi connectivity index (χ4n) is 1.34. The predicted octanol–water partition coefficient (Wildman–Crippen LogP) is 1.30. The molecule has 1 rings (SSSR count). The molecule has 0 spiro atoms. The normalized spacial score (nSPS) is 10.4. The molecule has 0 heterocycles. The average Bonchev–Trinajstić information content (AvgIpc) is 2.13. The quantitative estimate of drug-likeness (QED) is 0.639. The van der Waals surface area contributed by atoms with Crippen LogP contribution < -0.4 is 16.8 Å². The second-order valence-electron chi connectivity index (χ2n) is 3.87. The first-order valence-electron chi connectivity index (χ1n) is 4.89. The summed E-state index contributed by atoms with van der Waals surface area (Å²) in [4.78, 5) is 11.7. The SMILES string of the molecule is Cc1c(C(=O)NC(C)C)ccc(N)c1N. The smallest absolute Gasteiger partial charge is 0.251 e. The largest absolute Gasteiger partial charge is 0.397 e. The lowest BCUT2D eigenvalue weighted by Crippen LogP contribution is -2.30. The number of nitrogens with two attached hydrogens (primary N) is 2. The van der Waals surface area contributed by atoms with Crippen molar-refractivity contribution in [1.29, 1.82) is 0 Å². The molecule has 4 heteroatoms. The van der Waals surface area contributed by atoms with Crippen LogP contribution in [0.5, 0.6) is 0 Å². The summed E-state index contributed by atoms with van der Waals surface area (Å²) >= 11 is 0. The van der Waals surface area contributed by atoms with E-state index in [0.717, 1.165) is 5.56 Å². The predicted molar refractivity (Wildman–Crippen MR) is 62.6 cm³/mol. The third-order valence-electron chi connectivity index (χ3n) is 2.21. The van der Waals surface area contributed by atoms with Gasteiger partial charge in [-0.2, -0.15) is 0 Å². The van der Waals surface area contributed by atoms with E-state index in [1.165, 1.54) is 0 Å². The van der Waals surface area contributed by atoms with Crippen molar-refractivity contribution in [2.24, 2.45) is 0 Å². The van der Waals surface area contributed by atoms with Gasteiger partial charge < -0.3 is 16.8 Å². The number of nitrogen functional groups attached to an aromatic ring is 2. The Morgan fingerprint density at radius 3 is 2.47 bits per heavy atom. The molecule has 0 radical (unpaired) electrons. The molecule has 0 bridgehead atoms. The van der Waals surface area contributed by atoms with Crippen molar-refractivity contribution in [3.8, 4) is 0 Å². The maximum atomic E-state index is 11.7. The van der Waals surface area contributed by atoms with Gasteiger partial charge in [-0.1, -0.05) is 0 Å². The molecule has 5 N–H and O–H groups in total. The Labute approximate surface area is 89.6 Å². The molecule has 0 aliphatic carbocycles.